The van der Waals surface area contributed by atoms with Gasteiger partial charge in [0.1, 0.15) is 5.69 Å². The lowest BCUT2D eigenvalue weighted by molar-refractivity contribution is -0.383. The first-order valence-electron chi connectivity index (χ1n) is 6.11. The van der Waals surface area contributed by atoms with E-state index in [1.54, 1.807) is 0 Å². The molecule has 114 valence electrons. The van der Waals surface area contributed by atoms with Gasteiger partial charge in [0.2, 0.25) is 0 Å². The molecule has 0 aromatic heterocycles. The van der Waals surface area contributed by atoms with Crippen molar-refractivity contribution in [3.63, 3.8) is 0 Å². The van der Waals surface area contributed by atoms with E-state index in [2.05, 4.69) is 4.72 Å². The maximum Gasteiger partial charge on any atom is 0.335 e. The summed E-state index contributed by atoms with van der Waals surface area (Å²) in [5.41, 5.74) is -1.14. The fourth-order valence-corrected chi connectivity index (χ4v) is 3.35. The van der Waals surface area contributed by atoms with Gasteiger partial charge < -0.3 is 5.11 Å². The van der Waals surface area contributed by atoms with E-state index in [4.69, 9.17) is 5.11 Å². The molecule has 0 spiro atoms. The van der Waals surface area contributed by atoms with Gasteiger partial charge >= 0.3 is 16.2 Å². The smallest absolute Gasteiger partial charge is 0.335 e. The second kappa shape index (κ2) is 5.66. The van der Waals surface area contributed by atoms with Crippen LogP contribution in [0.5, 0.6) is 0 Å². The van der Waals surface area contributed by atoms with Gasteiger partial charge in [0.05, 0.1) is 10.5 Å². The molecule has 1 fully saturated rings. The summed E-state index contributed by atoms with van der Waals surface area (Å²) in [4.78, 5) is 21.0. The highest BCUT2D eigenvalue weighted by molar-refractivity contribution is 7.90. The third kappa shape index (κ3) is 3.28. The summed E-state index contributed by atoms with van der Waals surface area (Å²) >= 11 is 0. The van der Waals surface area contributed by atoms with Crippen LogP contribution in [0.2, 0.25) is 0 Å². The third-order valence-corrected chi connectivity index (χ3v) is 4.61. The molecule has 1 aliphatic heterocycles. The Morgan fingerprint density at radius 2 is 1.95 bits per heavy atom. The van der Waals surface area contributed by atoms with Gasteiger partial charge in [0, 0.05) is 19.2 Å². The van der Waals surface area contributed by atoms with Crippen molar-refractivity contribution in [1.82, 2.24) is 4.31 Å². The largest absolute Gasteiger partial charge is 0.478 e. The van der Waals surface area contributed by atoms with Crippen LogP contribution in [0.15, 0.2) is 18.2 Å². The Labute approximate surface area is 120 Å². The second-order valence-electron chi connectivity index (χ2n) is 4.51. The fourth-order valence-electron chi connectivity index (χ4n) is 2.03. The van der Waals surface area contributed by atoms with Crippen molar-refractivity contribution >= 4 is 27.6 Å². The van der Waals surface area contributed by atoms with Crippen molar-refractivity contribution in [2.45, 2.75) is 12.8 Å². The van der Waals surface area contributed by atoms with Crippen molar-refractivity contribution in [3.05, 3.63) is 33.9 Å². The summed E-state index contributed by atoms with van der Waals surface area (Å²) in [5.74, 6) is -1.33. The molecule has 1 heterocycles. The zero-order valence-electron chi connectivity index (χ0n) is 10.9. The van der Waals surface area contributed by atoms with Crippen LogP contribution < -0.4 is 4.72 Å². The van der Waals surface area contributed by atoms with Crippen LogP contribution in [-0.2, 0) is 10.2 Å². The van der Waals surface area contributed by atoms with E-state index in [-0.39, 0.29) is 11.3 Å². The Morgan fingerprint density at radius 3 is 2.48 bits per heavy atom. The van der Waals surface area contributed by atoms with E-state index >= 15 is 0 Å². The lowest BCUT2D eigenvalue weighted by Gasteiger charge is -2.16. The predicted octanol–water partition coefficient (Wildman–Crippen LogP) is 1.05. The Hall–Kier alpha value is -2.20. The summed E-state index contributed by atoms with van der Waals surface area (Å²) in [6.45, 7) is 0.715. The topological polar surface area (TPSA) is 130 Å². The van der Waals surface area contributed by atoms with E-state index in [9.17, 15) is 23.3 Å². The number of anilines is 1. The molecule has 1 aliphatic rings. The van der Waals surface area contributed by atoms with Crippen LogP contribution >= 0.6 is 0 Å². The van der Waals surface area contributed by atoms with Gasteiger partial charge in [-0.25, -0.2) is 4.79 Å². The van der Waals surface area contributed by atoms with Gasteiger partial charge in [-0.05, 0) is 25.0 Å². The van der Waals surface area contributed by atoms with E-state index in [1.165, 1.54) is 4.31 Å². The van der Waals surface area contributed by atoms with Crippen molar-refractivity contribution in [2.24, 2.45) is 0 Å². The number of hydrogen-bond acceptors (Lipinski definition) is 5. The molecule has 1 aromatic carbocycles. The van der Waals surface area contributed by atoms with Crippen molar-refractivity contribution in [3.8, 4) is 0 Å². The van der Waals surface area contributed by atoms with Crippen LogP contribution in [0.4, 0.5) is 11.4 Å². The van der Waals surface area contributed by atoms with Gasteiger partial charge in [-0.15, -0.1) is 0 Å². The van der Waals surface area contributed by atoms with Crippen LogP contribution in [0.25, 0.3) is 0 Å². The van der Waals surface area contributed by atoms with Crippen LogP contribution in [0, 0.1) is 10.1 Å². The number of carboxylic acids is 1. The molecule has 0 aliphatic carbocycles. The van der Waals surface area contributed by atoms with E-state index in [1.807, 2.05) is 0 Å². The average Bonchev–Trinajstić information content (AvgIpc) is 2.92. The van der Waals surface area contributed by atoms with Crippen LogP contribution in [-0.4, -0.2) is 41.8 Å². The van der Waals surface area contributed by atoms with Gasteiger partial charge in [-0.3, -0.25) is 14.8 Å². The first-order valence-corrected chi connectivity index (χ1v) is 7.55. The molecular weight excluding hydrogens is 302 g/mol. The van der Waals surface area contributed by atoms with E-state index in [0.29, 0.717) is 13.1 Å². The number of hydrogen-bond donors (Lipinski definition) is 2. The van der Waals surface area contributed by atoms with Gasteiger partial charge in [-0.2, -0.15) is 12.7 Å². The first-order chi connectivity index (χ1) is 9.81. The molecule has 1 saturated heterocycles. The molecule has 0 saturated carbocycles. The molecular formula is C11H13N3O6S. The number of aromatic carboxylic acids is 1. The van der Waals surface area contributed by atoms with Crippen LogP contribution in [0.3, 0.4) is 0 Å². The zero-order chi connectivity index (χ0) is 15.6. The quantitative estimate of drug-likeness (QED) is 0.617. The summed E-state index contributed by atoms with van der Waals surface area (Å²) < 4.78 is 27.5. The predicted molar refractivity (Wildman–Crippen MR) is 73.4 cm³/mol. The maximum atomic E-state index is 12.1. The Morgan fingerprint density at radius 1 is 1.33 bits per heavy atom. The molecule has 0 bridgehead atoms. The number of benzene rings is 1. The van der Waals surface area contributed by atoms with E-state index in [0.717, 1.165) is 31.0 Å². The molecule has 0 atom stereocenters. The third-order valence-electron chi connectivity index (χ3n) is 3.09. The van der Waals surface area contributed by atoms with Gasteiger partial charge in [-0.1, -0.05) is 0 Å². The normalized spacial score (nSPS) is 15.8. The highest BCUT2D eigenvalue weighted by Gasteiger charge is 2.28. The highest BCUT2D eigenvalue weighted by atomic mass is 32.2. The maximum absolute atomic E-state index is 12.1. The lowest BCUT2D eigenvalue weighted by atomic mass is 10.2. The van der Waals surface area contributed by atoms with Crippen molar-refractivity contribution < 1.29 is 23.2 Å². The van der Waals surface area contributed by atoms with E-state index < -0.39 is 26.8 Å². The zero-order valence-corrected chi connectivity index (χ0v) is 11.7. The molecule has 9 nitrogen and oxygen atoms in total. The van der Waals surface area contributed by atoms with Crippen molar-refractivity contribution in [2.75, 3.05) is 17.8 Å². The molecule has 2 rings (SSSR count). The number of carbonyl (C=O) groups is 1. The Bertz CT molecular complexity index is 681. The molecule has 0 amide bonds. The minimum atomic E-state index is -3.87. The minimum absolute atomic E-state index is 0.253. The first kappa shape index (κ1) is 15.2. The number of carboxylic acid groups (broad SMARTS) is 1. The Balaban J connectivity index is 2.35. The second-order valence-corrected chi connectivity index (χ2v) is 6.18. The number of nitro benzene ring substituents is 1. The fraction of sp³-hybridized carbons (Fsp3) is 0.364. The van der Waals surface area contributed by atoms with Gasteiger partial charge in [0.15, 0.2) is 0 Å². The molecule has 0 radical (unpaired) electrons. The summed E-state index contributed by atoms with van der Waals surface area (Å²) in [6.07, 6.45) is 1.47. The molecule has 1 aromatic rings. The number of rotatable bonds is 5. The SMILES string of the molecule is O=C(O)c1ccc(NS(=O)(=O)N2CCCC2)c([N+](=O)[O-])c1. The number of nitrogens with one attached hydrogen (secondary N) is 1. The lowest BCUT2D eigenvalue weighted by Crippen LogP contribution is -2.33. The molecule has 21 heavy (non-hydrogen) atoms. The molecule has 10 heteroatoms. The van der Waals surface area contributed by atoms with Gasteiger partial charge in [0.25, 0.3) is 5.69 Å². The summed E-state index contributed by atoms with van der Waals surface area (Å²) in [5, 5.41) is 19.8. The number of nitro groups is 1. The summed E-state index contributed by atoms with van der Waals surface area (Å²) in [6, 6.07) is 3.01. The van der Waals surface area contributed by atoms with Crippen molar-refractivity contribution in [1.29, 1.82) is 0 Å². The summed E-state index contributed by atoms with van der Waals surface area (Å²) in [7, 11) is -3.87. The molecule has 2 N–H and O–H groups in total. The minimum Gasteiger partial charge on any atom is -0.478 e. The standard InChI is InChI=1S/C11H13N3O6S/c15-11(16)8-3-4-9(10(7-8)14(17)18)12-21(19,20)13-5-1-2-6-13/h3-4,7,12H,1-2,5-6H2,(H,15,16). The number of nitrogens with zero attached hydrogens (tertiary/aromatic N) is 2. The average molecular weight is 315 g/mol. The highest BCUT2D eigenvalue weighted by Crippen LogP contribution is 2.27. The molecule has 0 unspecified atom stereocenters. The van der Waals surface area contributed by atoms with Crippen LogP contribution in [0.1, 0.15) is 23.2 Å². The monoisotopic (exact) mass is 315 g/mol. The Kier molecular flexibility index (Phi) is 4.09.